The molecule has 1 amide bonds. The Balaban J connectivity index is 1.77. The van der Waals surface area contributed by atoms with Gasteiger partial charge in [-0.1, -0.05) is 40.2 Å². The summed E-state index contributed by atoms with van der Waals surface area (Å²) in [6.07, 6.45) is 0. The van der Waals surface area contributed by atoms with Crippen molar-refractivity contribution in [3.8, 4) is 5.75 Å². The third-order valence-corrected chi connectivity index (χ3v) is 4.88. The molecule has 0 heterocycles. The van der Waals surface area contributed by atoms with E-state index in [-0.39, 0.29) is 11.9 Å². The van der Waals surface area contributed by atoms with E-state index < -0.39 is 0 Å². The van der Waals surface area contributed by atoms with Crippen molar-refractivity contribution in [2.24, 2.45) is 0 Å². The third-order valence-electron chi connectivity index (χ3n) is 3.38. The van der Waals surface area contributed by atoms with Gasteiger partial charge in [0.15, 0.2) is 0 Å². The number of carbonyl (C=O) groups is 1. The first-order valence-corrected chi connectivity index (χ1v) is 9.29. The first kappa shape index (κ1) is 17.9. The maximum absolute atomic E-state index is 12.0. The Morgan fingerprint density at radius 3 is 2.65 bits per heavy atom. The van der Waals surface area contributed by atoms with Crippen LogP contribution in [0.2, 0.25) is 0 Å². The van der Waals surface area contributed by atoms with Crippen LogP contribution in [0.3, 0.4) is 0 Å². The zero-order valence-electron chi connectivity index (χ0n) is 13.2. The van der Waals surface area contributed by atoms with Crippen molar-refractivity contribution in [2.45, 2.75) is 18.7 Å². The molecule has 0 aliphatic rings. The highest BCUT2D eigenvalue weighted by atomic mass is 79.9. The van der Waals surface area contributed by atoms with Gasteiger partial charge in [0, 0.05) is 10.2 Å². The molecule has 0 unspecified atom stereocenters. The molecule has 0 aliphatic carbocycles. The van der Waals surface area contributed by atoms with E-state index in [1.807, 2.05) is 43.3 Å². The Morgan fingerprint density at radius 1 is 1.26 bits per heavy atom. The second-order valence-corrected chi connectivity index (χ2v) is 7.09. The van der Waals surface area contributed by atoms with Gasteiger partial charge < -0.3 is 10.1 Å². The average Bonchev–Trinajstić information content (AvgIpc) is 2.55. The molecule has 2 aromatic rings. The average molecular weight is 394 g/mol. The first-order valence-electron chi connectivity index (χ1n) is 7.34. The molecule has 2 rings (SSSR count). The van der Waals surface area contributed by atoms with E-state index in [4.69, 9.17) is 4.74 Å². The lowest BCUT2D eigenvalue weighted by molar-refractivity contribution is -0.119. The number of hydrogen-bond acceptors (Lipinski definition) is 3. The van der Waals surface area contributed by atoms with E-state index in [1.165, 1.54) is 5.56 Å². The predicted octanol–water partition coefficient (Wildman–Crippen LogP) is 4.57. The Labute approximate surface area is 149 Å². The number of benzene rings is 2. The molecule has 2 aromatic carbocycles. The number of hydrogen-bond donors (Lipinski definition) is 1. The quantitative estimate of drug-likeness (QED) is 0.748. The molecule has 0 bridgehead atoms. The molecule has 0 aromatic heterocycles. The number of thioether (sulfide) groups is 1. The minimum Gasteiger partial charge on any atom is -0.497 e. The number of halogens is 1. The van der Waals surface area contributed by atoms with Crippen LogP contribution in [0.1, 0.15) is 24.1 Å². The predicted molar refractivity (Wildman–Crippen MR) is 99.9 cm³/mol. The van der Waals surface area contributed by atoms with Gasteiger partial charge in [-0.25, -0.2) is 0 Å². The van der Waals surface area contributed by atoms with Crippen LogP contribution >= 0.6 is 27.7 Å². The van der Waals surface area contributed by atoms with Crippen LogP contribution < -0.4 is 10.1 Å². The fraction of sp³-hybridized carbons (Fsp3) is 0.278. The SMILES string of the molecule is COc1ccc([C@@H](C)NC(=O)CSCc2cccc(Br)c2)cc1. The van der Waals surface area contributed by atoms with E-state index >= 15 is 0 Å². The summed E-state index contributed by atoms with van der Waals surface area (Å²) in [5.74, 6) is 2.14. The second kappa shape index (κ2) is 8.99. The molecule has 0 saturated heterocycles. The number of carbonyl (C=O) groups excluding carboxylic acids is 1. The van der Waals surface area contributed by atoms with E-state index in [1.54, 1.807) is 18.9 Å². The molecule has 122 valence electrons. The van der Waals surface area contributed by atoms with Crippen LogP contribution in [-0.2, 0) is 10.5 Å². The molecule has 23 heavy (non-hydrogen) atoms. The molecule has 0 radical (unpaired) electrons. The molecule has 3 nitrogen and oxygen atoms in total. The van der Waals surface area contributed by atoms with Crippen LogP contribution in [0.15, 0.2) is 53.0 Å². The van der Waals surface area contributed by atoms with Crippen molar-refractivity contribution in [3.63, 3.8) is 0 Å². The van der Waals surface area contributed by atoms with E-state index in [0.717, 1.165) is 21.5 Å². The lowest BCUT2D eigenvalue weighted by Gasteiger charge is -2.14. The summed E-state index contributed by atoms with van der Waals surface area (Å²) in [6, 6.07) is 15.9. The molecule has 1 atom stereocenters. The van der Waals surface area contributed by atoms with Gasteiger partial charge in [-0.2, -0.15) is 0 Å². The highest BCUT2D eigenvalue weighted by Crippen LogP contribution is 2.19. The Hall–Kier alpha value is -1.46. The van der Waals surface area contributed by atoms with Gasteiger partial charge in [-0.3, -0.25) is 4.79 Å². The van der Waals surface area contributed by atoms with E-state index in [9.17, 15) is 4.79 Å². The van der Waals surface area contributed by atoms with Gasteiger partial charge in [0.05, 0.1) is 18.9 Å². The topological polar surface area (TPSA) is 38.3 Å². The summed E-state index contributed by atoms with van der Waals surface area (Å²) in [7, 11) is 1.64. The Morgan fingerprint density at radius 2 is 2.00 bits per heavy atom. The lowest BCUT2D eigenvalue weighted by Crippen LogP contribution is -2.28. The monoisotopic (exact) mass is 393 g/mol. The van der Waals surface area contributed by atoms with Crippen molar-refractivity contribution in [1.29, 1.82) is 0 Å². The molecular formula is C18H20BrNO2S. The van der Waals surface area contributed by atoms with Crippen LogP contribution in [0.4, 0.5) is 0 Å². The second-order valence-electron chi connectivity index (χ2n) is 5.19. The Bertz CT molecular complexity index is 646. The van der Waals surface area contributed by atoms with Gasteiger partial charge in [0.1, 0.15) is 5.75 Å². The van der Waals surface area contributed by atoms with Gasteiger partial charge in [-0.15, -0.1) is 11.8 Å². The zero-order chi connectivity index (χ0) is 16.7. The largest absolute Gasteiger partial charge is 0.497 e. The lowest BCUT2D eigenvalue weighted by atomic mass is 10.1. The normalized spacial score (nSPS) is 11.8. The molecule has 5 heteroatoms. The first-order chi connectivity index (χ1) is 11.1. The standard InChI is InChI=1S/C18H20BrNO2S/c1-13(15-6-8-17(22-2)9-7-15)20-18(21)12-23-11-14-4-3-5-16(19)10-14/h3-10,13H,11-12H2,1-2H3,(H,20,21)/t13-/m1/s1. The van der Waals surface area contributed by atoms with Crippen molar-refractivity contribution < 1.29 is 9.53 Å². The highest BCUT2D eigenvalue weighted by Gasteiger charge is 2.09. The molecule has 1 N–H and O–H groups in total. The van der Waals surface area contributed by atoms with E-state index in [0.29, 0.717) is 5.75 Å². The van der Waals surface area contributed by atoms with Crippen molar-refractivity contribution in [1.82, 2.24) is 5.32 Å². The number of rotatable bonds is 7. The number of ether oxygens (including phenoxy) is 1. The molecule has 0 spiro atoms. The highest BCUT2D eigenvalue weighted by molar-refractivity contribution is 9.10. The zero-order valence-corrected chi connectivity index (χ0v) is 15.6. The molecule has 0 saturated carbocycles. The van der Waals surface area contributed by atoms with Crippen LogP contribution in [-0.4, -0.2) is 18.8 Å². The summed E-state index contributed by atoms with van der Waals surface area (Å²) < 4.78 is 6.20. The summed E-state index contributed by atoms with van der Waals surface area (Å²) >= 11 is 5.07. The van der Waals surface area contributed by atoms with Gasteiger partial charge in [-0.05, 0) is 42.3 Å². The fourth-order valence-corrected chi connectivity index (χ4v) is 3.38. The van der Waals surface area contributed by atoms with Crippen molar-refractivity contribution >= 4 is 33.6 Å². The maximum Gasteiger partial charge on any atom is 0.230 e. The van der Waals surface area contributed by atoms with Crippen LogP contribution in [0, 0.1) is 0 Å². The van der Waals surface area contributed by atoms with Crippen LogP contribution in [0.5, 0.6) is 5.75 Å². The minimum atomic E-state index is -0.0140. The van der Waals surface area contributed by atoms with Gasteiger partial charge in [0.25, 0.3) is 0 Å². The van der Waals surface area contributed by atoms with Crippen molar-refractivity contribution in [2.75, 3.05) is 12.9 Å². The van der Waals surface area contributed by atoms with Gasteiger partial charge >= 0.3 is 0 Å². The minimum absolute atomic E-state index is 0.0140. The summed E-state index contributed by atoms with van der Waals surface area (Å²) in [5.41, 5.74) is 2.27. The Kier molecular flexibility index (Phi) is 6.99. The number of methoxy groups -OCH3 is 1. The molecule has 0 aliphatic heterocycles. The number of nitrogens with one attached hydrogen (secondary N) is 1. The maximum atomic E-state index is 12.0. The summed E-state index contributed by atoms with van der Waals surface area (Å²) in [6.45, 7) is 1.98. The van der Waals surface area contributed by atoms with Crippen LogP contribution in [0.25, 0.3) is 0 Å². The fourth-order valence-electron chi connectivity index (χ4n) is 2.15. The van der Waals surface area contributed by atoms with Gasteiger partial charge in [0.2, 0.25) is 5.91 Å². The molecule has 0 fully saturated rings. The van der Waals surface area contributed by atoms with Crippen molar-refractivity contribution in [3.05, 3.63) is 64.1 Å². The summed E-state index contributed by atoms with van der Waals surface area (Å²) in [4.78, 5) is 12.0. The van der Waals surface area contributed by atoms with E-state index in [2.05, 4.69) is 33.4 Å². The molecular weight excluding hydrogens is 374 g/mol. The third kappa shape index (κ3) is 5.92. The number of amides is 1. The summed E-state index contributed by atoms with van der Waals surface area (Å²) in [5, 5.41) is 3.02. The smallest absolute Gasteiger partial charge is 0.230 e.